The number of benzene rings is 1. The van der Waals surface area contributed by atoms with Crippen LogP contribution in [0.4, 0.5) is 4.39 Å². The van der Waals surface area contributed by atoms with Gasteiger partial charge in [0.05, 0.1) is 10.5 Å². The number of hydrogen-bond donors (Lipinski definition) is 2. The van der Waals surface area contributed by atoms with Crippen molar-refractivity contribution in [2.45, 2.75) is 38.0 Å². The smallest absolute Gasteiger partial charge is 0.338 e. The molecule has 1 aromatic carbocycles. The molecular weight excluding hydrogens is 297 g/mol. The summed E-state index contributed by atoms with van der Waals surface area (Å²) in [5.74, 6) is -1.89. The summed E-state index contributed by atoms with van der Waals surface area (Å²) in [6.45, 7) is 4.46. The van der Waals surface area contributed by atoms with Gasteiger partial charge in [0.25, 0.3) is 0 Å². The lowest BCUT2D eigenvalue weighted by Gasteiger charge is -2.08. The Morgan fingerprint density at radius 2 is 2.00 bits per heavy atom. The zero-order valence-electron chi connectivity index (χ0n) is 12.1. The van der Waals surface area contributed by atoms with Crippen LogP contribution in [-0.4, -0.2) is 26.0 Å². The zero-order valence-corrected chi connectivity index (χ0v) is 12.9. The van der Waals surface area contributed by atoms with Crippen LogP contribution in [0, 0.1) is 11.7 Å². The third-order valence-corrected chi connectivity index (χ3v) is 4.44. The summed E-state index contributed by atoms with van der Waals surface area (Å²) in [6.07, 6.45) is 2.62. The minimum Gasteiger partial charge on any atom is -0.478 e. The SMILES string of the molecule is CC(C)CCCCNS(=O)(=O)c1ccc(F)c(C(=O)O)c1. The Hall–Kier alpha value is -1.47. The highest BCUT2D eigenvalue weighted by Crippen LogP contribution is 2.15. The van der Waals surface area contributed by atoms with Gasteiger partial charge in [-0.05, 0) is 30.5 Å². The van der Waals surface area contributed by atoms with Crippen LogP contribution >= 0.6 is 0 Å². The highest BCUT2D eigenvalue weighted by Gasteiger charge is 2.18. The fourth-order valence-electron chi connectivity index (χ4n) is 1.80. The second-order valence-corrected chi connectivity index (χ2v) is 7.00. The van der Waals surface area contributed by atoms with Crippen LogP contribution in [0.3, 0.4) is 0 Å². The van der Waals surface area contributed by atoms with Crippen LogP contribution in [0.25, 0.3) is 0 Å². The number of carboxylic acids is 1. The number of carbonyl (C=O) groups is 1. The van der Waals surface area contributed by atoms with Gasteiger partial charge < -0.3 is 5.11 Å². The molecule has 5 nitrogen and oxygen atoms in total. The Labute approximate surface area is 124 Å². The third kappa shape index (κ3) is 5.43. The van der Waals surface area contributed by atoms with Crippen molar-refractivity contribution >= 4 is 16.0 Å². The lowest BCUT2D eigenvalue weighted by atomic mass is 10.1. The monoisotopic (exact) mass is 317 g/mol. The molecule has 0 saturated heterocycles. The van der Waals surface area contributed by atoms with Crippen LogP contribution in [0.2, 0.25) is 0 Å². The summed E-state index contributed by atoms with van der Waals surface area (Å²) in [6, 6.07) is 2.73. The lowest BCUT2D eigenvalue weighted by Crippen LogP contribution is -2.25. The van der Waals surface area contributed by atoms with E-state index in [2.05, 4.69) is 18.6 Å². The van der Waals surface area contributed by atoms with Crippen molar-refractivity contribution < 1.29 is 22.7 Å². The van der Waals surface area contributed by atoms with E-state index in [0.29, 0.717) is 12.3 Å². The molecule has 0 aromatic heterocycles. The molecule has 0 spiro atoms. The van der Waals surface area contributed by atoms with Crippen LogP contribution in [0.1, 0.15) is 43.5 Å². The van der Waals surface area contributed by atoms with Gasteiger partial charge in [-0.25, -0.2) is 22.3 Å². The van der Waals surface area contributed by atoms with E-state index in [-0.39, 0.29) is 11.4 Å². The predicted molar refractivity (Wildman–Crippen MR) is 77.2 cm³/mol. The molecule has 0 unspecified atom stereocenters. The maximum atomic E-state index is 13.2. The van der Waals surface area contributed by atoms with Crippen LogP contribution in [-0.2, 0) is 10.0 Å². The van der Waals surface area contributed by atoms with Crippen molar-refractivity contribution in [2.75, 3.05) is 6.54 Å². The predicted octanol–water partition coefficient (Wildman–Crippen LogP) is 2.63. The van der Waals surface area contributed by atoms with Crippen molar-refractivity contribution in [1.82, 2.24) is 4.72 Å². The second-order valence-electron chi connectivity index (χ2n) is 5.23. The highest BCUT2D eigenvalue weighted by atomic mass is 32.2. The number of hydrogen-bond acceptors (Lipinski definition) is 3. The standard InChI is InChI=1S/C14H20FNO4S/c1-10(2)5-3-4-8-16-21(19,20)11-6-7-13(15)12(9-11)14(17)18/h6-7,9-10,16H,3-5,8H2,1-2H3,(H,17,18). The summed E-state index contributed by atoms with van der Waals surface area (Å²) in [7, 11) is -3.81. The van der Waals surface area contributed by atoms with Gasteiger partial charge in [0.15, 0.2) is 0 Å². The summed E-state index contributed by atoms with van der Waals surface area (Å²) in [5, 5.41) is 8.80. The molecule has 1 rings (SSSR count). The van der Waals surface area contributed by atoms with Crippen LogP contribution < -0.4 is 4.72 Å². The van der Waals surface area contributed by atoms with Crippen LogP contribution in [0.15, 0.2) is 23.1 Å². The Kier molecular flexibility index (Phi) is 6.29. The molecule has 0 aliphatic carbocycles. The van der Waals surface area contributed by atoms with Gasteiger partial charge in [0, 0.05) is 6.54 Å². The molecule has 0 fully saturated rings. The van der Waals surface area contributed by atoms with Crippen molar-refractivity contribution in [3.05, 3.63) is 29.6 Å². The first-order valence-electron chi connectivity index (χ1n) is 6.76. The van der Waals surface area contributed by atoms with Crippen LogP contribution in [0.5, 0.6) is 0 Å². The largest absolute Gasteiger partial charge is 0.478 e. The number of carboxylic acid groups (broad SMARTS) is 1. The van der Waals surface area contributed by atoms with E-state index in [1.165, 1.54) is 0 Å². The van der Waals surface area contributed by atoms with E-state index in [1.807, 2.05) is 0 Å². The fraction of sp³-hybridized carbons (Fsp3) is 0.500. The molecule has 2 N–H and O–H groups in total. The first-order valence-corrected chi connectivity index (χ1v) is 8.25. The van der Waals surface area contributed by atoms with E-state index in [9.17, 15) is 17.6 Å². The molecule has 21 heavy (non-hydrogen) atoms. The van der Waals surface area contributed by atoms with E-state index >= 15 is 0 Å². The minimum atomic E-state index is -3.81. The molecule has 118 valence electrons. The number of halogens is 1. The van der Waals surface area contributed by atoms with E-state index in [4.69, 9.17) is 5.11 Å². The maximum absolute atomic E-state index is 13.2. The average Bonchev–Trinajstić information content (AvgIpc) is 2.37. The summed E-state index contributed by atoms with van der Waals surface area (Å²) >= 11 is 0. The summed E-state index contributed by atoms with van der Waals surface area (Å²) in [5.41, 5.74) is -0.655. The topological polar surface area (TPSA) is 83.5 Å². The Morgan fingerprint density at radius 1 is 1.33 bits per heavy atom. The molecule has 0 aliphatic heterocycles. The Bertz CT molecular complexity index is 599. The molecule has 1 aromatic rings. The fourth-order valence-corrected chi connectivity index (χ4v) is 2.90. The van der Waals surface area contributed by atoms with Gasteiger partial charge in [-0.1, -0.05) is 26.7 Å². The summed E-state index contributed by atoms with van der Waals surface area (Å²) < 4.78 is 39.6. The number of aromatic carboxylic acids is 1. The van der Waals surface area contributed by atoms with Crippen molar-refractivity contribution in [3.63, 3.8) is 0 Å². The average molecular weight is 317 g/mol. The minimum absolute atomic E-state index is 0.245. The molecule has 7 heteroatoms. The molecule has 0 amide bonds. The molecule has 0 bridgehead atoms. The molecule has 0 heterocycles. The van der Waals surface area contributed by atoms with Gasteiger partial charge in [-0.2, -0.15) is 0 Å². The number of rotatable bonds is 8. The highest BCUT2D eigenvalue weighted by molar-refractivity contribution is 7.89. The third-order valence-electron chi connectivity index (χ3n) is 2.98. The zero-order chi connectivity index (χ0) is 16.0. The van der Waals surface area contributed by atoms with Gasteiger partial charge in [-0.3, -0.25) is 0 Å². The van der Waals surface area contributed by atoms with Crippen molar-refractivity contribution in [1.29, 1.82) is 0 Å². The quantitative estimate of drug-likeness (QED) is 0.722. The molecule has 0 atom stereocenters. The molecule has 0 radical (unpaired) electrons. The number of nitrogens with one attached hydrogen (secondary N) is 1. The number of unbranched alkanes of at least 4 members (excludes halogenated alkanes) is 1. The van der Waals surface area contributed by atoms with Crippen molar-refractivity contribution in [2.24, 2.45) is 5.92 Å². The Morgan fingerprint density at radius 3 is 2.57 bits per heavy atom. The van der Waals surface area contributed by atoms with E-state index in [1.54, 1.807) is 0 Å². The van der Waals surface area contributed by atoms with Gasteiger partial charge >= 0.3 is 5.97 Å². The van der Waals surface area contributed by atoms with Gasteiger partial charge in [0.2, 0.25) is 10.0 Å². The van der Waals surface area contributed by atoms with E-state index < -0.39 is 27.4 Å². The normalized spacial score (nSPS) is 11.8. The van der Waals surface area contributed by atoms with E-state index in [0.717, 1.165) is 31.0 Å². The first-order chi connectivity index (χ1) is 9.74. The lowest BCUT2D eigenvalue weighted by molar-refractivity contribution is 0.0691. The van der Waals surface area contributed by atoms with Crippen molar-refractivity contribution in [3.8, 4) is 0 Å². The molecule has 0 saturated carbocycles. The number of sulfonamides is 1. The first kappa shape index (κ1) is 17.6. The maximum Gasteiger partial charge on any atom is 0.338 e. The second kappa shape index (κ2) is 7.51. The Balaban J connectivity index is 2.70. The summed E-state index contributed by atoms with van der Waals surface area (Å²) in [4.78, 5) is 10.6. The molecule has 0 aliphatic rings. The molecular formula is C14H20FNO4S. The van der Waals surface area contributed by atoms with Gasteiger partial charge in [0.1, 0.15) is 5.82 Å². The van der Waals surface area contributed by atoms with Gasteiger partial charge in [-0.15, -0.1) is 0 Å².